The summed E-state index contributed by atoms with van der Waals surface area (Å²) in [7, 11) is 0. The van der Waals surface area contributed by atoms with Crippen molar-refractivity contribution < 1.29 is 13.2 Å². The van der Waals surface area contributed by atoms with E-state index in [-0.39, 0.29) is 11.4 Å². The van der Waals surface area contributed by atoms with Gasteiger partial charge in [-0.25, -0.2) is 13.2 Å². The molecule has 4 rings (SSSR count). The molecular weight excluding hydrogens is 453 g/mol. The number of aryl methyl sites for hydroxylation is 1. The van der Waals surface area contributed by atoms with Crippen molar-refractivity contribution in [3.05, 3.63) is 101 Å². The second-order valence-corrected chi connectivity index (χ2v) is 9.77. The summed E-state index contributed by atoms with van der Waals surface area (Å²) in [6.07, 6.45) is 14.0. The van der Waals surface area contributed by atoms with Gasteiger partial charge in [0.15, 0.2) is 11.6 Å². The topological polar surface area (TPSA) is 0 Å². The fourth-order valence-electron chi connectivity index (χ4n) is 5.09. The fraction of sp³-hybridized carbons (Fsp3) is 0.333. The molecule has 188 valence electrons. The molecule has 0 saturated carbocycles. The fourth-order valence-corrected chi connectivity index (χ4v) is 5.09. The van der Waals surface area contributed by atoms with Crippen LogP contribution in [0.25, 0.3) is 27.8 Å². The maximum atomic E-state index is 15.0. The summed E-state index contributed by atoms with van der Waals surface area (Å²) < 4.78 is 44.6. The Labute approximate surface area is 213 Å². The molecule has 0 spiro atoms. The highest BCUT2D eigenvalue weighted by Gasteiger charge is 2.17. The normalized spacial score (nSPS) is 15.9. The van der Waals surface area contributed by atoms with E-state index in [4.69, 9.17) is 0 Å². The Morgan fingerprint density at radius 2 is 1.53 bits per heavy atom. The largest absolute Gasteiger partial charge is 0.206 e. The molecule has 0 N–H and O–H groups in total. The summed E-state index contributed by atoms with van der Waals surface area (Å²) in [5.41, 5.74) is 4.63. The van der Waals surface area contributed by atoms with Crippen molar-refractivity contribution in [1.29, 1.82) is 0 Å². The van der Waals surface area contributed by atoms with Gasteiger partial charge < -0.3 is 0 Å². The molecule has 0 aromatic heterocycles. The van der Waals surface area contributed by atoms with Gasteiger partial charge in [-0.3, -0.25) is 0 Å². The van der Waals surface area contributed by atoms with Crippen LogP contribution in [0.3, 0.4) is 0 Å². The predicted molar refractivity (Wildman–Crippen MR) is 145 cm³/mol. The van der Waals surface area contributed by atoms with Gasteiger partial charge in [-0.15, -0.1) is 0 Å². The van der Waals surface area contributed by atoms with Crippen molar-refractivity contribution in [3.63, 3.8) is 0 Å². The standard InChI is InChI=1S/C33H35F3/c1-3-5-6-7-9-27-18-21-30(33(36)32(27)35)26-16-14-24(15-17-26)28-19-20-29(31(34)22-28)25-12-10-23(8-4-2)11-13-25/h4,8,12,14-23H,3,5-7,9-11,13H2,1-2H3/b8-4+. The van der Waals surface area contributed by atoms with E-state index in [0.29, 0.717) is 29.0 Å². The minimum absolute atomic E-state index is 0.227. The third-order valence-electron chi connectivity index (χ3n) is 7.22. The van der Waals surface area contributed by atoms with Crippen LogP contribution in [-0.4, -0.2) is 0 Å². The molecule has 1 aliphatic carbocycles. The van der Waals surface area contributed by atoms with E-state index in [0.717, 1.165) is 61.6 Å². The molecule has 1 unspecified atom stereocenters. The Balaban J connectivity index is 1.49. The second kappa shape index (κ2) is 12.3. The first kappa shape index (κ1) is 26.0. The van der Waals surface area contributed by atoms with Crippen molar-refractivity contribution in [3.8, 4) is 22.3 Å². The zero-order chi connectivity index (χ0) is 25.5. The average molecular weight is 489 g/mol. The average Bonchev–Trinajstić information content (AvgIpc) is 2.90. The molecule has 3 aromatic carbocycles. The van der Waals surface area contributed by atoms with E-state index in [9.17, 15) is 8.78 Å². The number of hydrogen-bond donors (Lipinski definition) is 0. The first-order valence-electron chi connectivity index (χ1n) is 13.2. The van der Waals surface area contributed by atoms with Crippen molar-refractivity contribution in [2.75, 3.05) is 0 Å². The van der Waals surface area contributed by atoms with E-state index in [2.05, 4.69) is 25.2 Å². The lowest BCUT2D eigenvalue weighted by Crippen LogP contribution is -2.03. The minimum atomic E-state index is -0.802. The maximum absolute atomic E-state index is 15.0. The molecule has 0 radical (unpaired) electrons. The van der Waals surface area contributed by atoms with Crippen LogP contribution in [0, 0.1) is 23.4 Å². The summed E-state index contributed by atoms with van der Waals surface area (Å²) >= 11 is 0. The minimum Gasteiger partial charge on any atom is -0.206 e. The molecule has 1 aliphatic rings. The van der Waals surface area contributed by atoms with Crippen LogP contribution in [0.2, 0.25) is 0 Å². The quantitative estimate of drug-likeness (QED) is 0.208. The zero-order valence-corrected chi connectivity index (χ0v) is 21.3. The molecule has 0 nitrogen and oxygen atoms in total. The van der Waals surface area contributed by atoms with E-state index in [1.165, 1.54) is 0 Å². The molecule has 0 bridgehead atoms. The van der Waals surface area contributed by atoms with Crippen molar-refractivity contribution in [2.24, 2.45) is 5.92 Å². The second-order valence-electron chi connectivity index (χ2n) is 9.77. The molecular formula is C33H35F3. The summed E-state index contributed by atoms with van der Waals surface area (Å²) in [6, 6.07) is 15.9. The number of rotatable bonds is 9. The first-order valence-corrected chi connectivity index (χ1v) is 13.2. The van der Waals surface area contributed by atoms with Crippen molar-refractivity contribution in [1.82, 2.24) is 0 Å². The number of halogens is 3. The zero-order valence-electron chi connectivity index (χ0n) is 21.3. The van der Waals surface area contributed by atoms with Gasteiger partial charge in [0.25, 0.3) is 0 Å². The lowest BCUT2D eigenvalue weighted by molar-refractivity contribution is 0.498. The van der Waals surface area contributed by atoms with Crippen LogP contribution in [0.5, 0.6) is 0 Å². The molecule has 0 aliphatic heterocycles. The third kappa shape index (κ3) is 6.00. The van der Waals surface area contributed by atoms with Gasteiger partial charge in [-0.05, 0) is 78.8 Å². The SMILES string of the molecule is C/C=C/C1CC=C(c2ccc(-c3ccc(-c4ccc(CCCCCC)c(F)c4F)cc3)cc2F)CC1. The predicted octanol–water partition coefficient (Wildman–Crippen LogP) is 10.3. The molecule has 3 aromatic rings. The van der Waals surface area contributed by atoms with Crippen LogP contribution >= 0.6 is 0 Å². The summed E-state index contributed by atoms with van der Waals surface area (Å²) in [4.78, 5) is 0. The van der Waals surface area contributed by atoms with Gasteiger partial charge in [0, 0.05) is 11.1 Å². The summed E-state index contributed by atoms with van der Waals surface area (Å²) in [6.45, 7) is 4.16. The number of benzene rings is 3. The Bertz CT molecular complexity index is 1230. The highest BCUT2D eigenvalue weighted by molar-refractivity contribution is 5.74. The Hall–Kier alpha value is -3.07. The summed E-state index contributed by atoms with van der Waals surface area (Å²) in [5, 5.41) is 0. The number of allylic oxidation sites excluding steroid dienone is 4. The Kier molecular flexibility index (Phi) is 8.85. The van der Waals surface area contributed by atoms with Gasteiger partial charge in [0.1, 0.15) is 5.82 Å². The first-order chi connectivity index (χ1) is 17.5. The van der Waals surface area contributed by atoms with Crippen molar-refractivity contribution in [2.45, 2.75) is 65.2 Å². The Morgan fingerprint density at radius 1 is 0.806 bits per heavy atom. The number of hydrogen-bond acceptors (Lipinski definition) is 0. The van der Waals surface area contributed by atoms with E-state index in [1.54, 1.807) is 30.3 Å². The van der Waals surface area contributed by atoms with Crippen LogP contribution in [-0.2, 0) is 6.42 Å². The molecule has 0 fully saturated rings. The molecule has 0 saturated heterocycles. The highest BCUT2D eigenvalue weighted by atomic mass is 19.2. The molecule has 0 amide bonds. The van der Waals surface area contributed by atoms with Gasteiger partial charge in [-0.2, -0.15) is 0 Å². The van der Waals surface area contributed by atoms with Crippen LogP contribution in [0.4, 0.5) is 13.2 Å². The van der Waals surface area contributed by atoms with Crippen LogP contribution in [0.1, 0.15) is 69.9 Å². The van der Waals surface area contributed by atoms with E-state index >= 15 is 4.39 Å². The van der Waals surface area contributed by atoms with Gasteiger partial charge in [-0.1, -0.05) is 92.9 Å². The van der Waals surface area contributed by atoms with Gasteiger partial charge >= 0.3 is 0 Å². The van der Waals surface area contributed by atoms with Crippen LogP contribution in [0.15, 0.2) is 72.8 Å². The van der Waals surface area contributed by atoms with Gasteiger partial charge in [0.05, 0.1) is 0 Å². The van der Waals surface area contributed by atoms with Gasteiger partial charge in [0.2, 0.25) is 0 Å². The molecule has 36 heavy (non-hydrogen) atoms. The van der Waals surface area contributed by atoms with Crippen molar-refractivity contribution >= 4 is 5.57 Å². The highest BCUT2D eigenvalue weighted by Crippen LogP contribution is 2.34. The van der Waals surface area contributed by atoms with E-state index < -0.39 is 11.6 Å². The summed E-state index contributed by atoms with van der Waals surface area (Å²) in [5.74, 6) is -1.24. The Morgan fingerprint density at radius 3 is 2.19 bits per heavy atom. The number of unbranched alkanes of at least 4 members (excludes halogenated alkanes) is 3. The smallest absolute Gasteiger partial charge is 0.166 e. The lowest BCUT2D eigenvalue weighted by atomic mass is 9.86. The molecule has 1 atom stereocenters. The third-order valence-corrected chi connectivity index (χ3v) is 7.22. The molecule has 0 heterocycles. The van der Waals surface area contributed by atoms with E-state index in [1.807, 2.05) is 31.2 Å². The lowest BCUT2D eigenvalue weighted by Gasteiger charge is -2.20. The van der Waals surface area contributed by atoms with Crippen LogP contribution < -0.4 is 0 Å². The molecule has 3 heteroatoms. The maximum Gasteiger partial charge on any atom is 0.166 e. The monoisotopic (exact) mass is 488 g/mol.